The van der Waals surface area contributed by atoms with Gasteiger partial charge in [0.05, 0.1) is 12.9 Å². The Morgan fingerprint density at radius 2 is 2.10 bits per heavy atom. The number of rotatable bonds is 6. The van der Waals surface area contributed by atoms with Crippen LogP contribution in [0, 0.1) is 6.92 Å². The van der Waals surface area contributed by atoms with Gasteiger partial charge in [-0.3, -0.25) is 0 Å². The summed E-state index contributed by atoms with van der Waals surface area (Å²) in [7, 11) is 0. The summed E-state index contributed by atoms with van der Waals surface area (Å²) < 4.78 is 10.1. The lowest BCUT2D eigenvalue weighted by Crippen LogP contribution is -2.01. The standard InChI is InChI=1S/C8H15O2/c1-3-5-9-7-8-10-6-4-2/h4,6H,1,3,5,7-8H2,2H3. The van der Waals surface area contributed by atoms with Gasteiger partial charge in [0.25, 0.3) is 0 Å². The monoisotopic (exact) mass is 143 g/mol. The fourth-order valence-electron chi connectivity index (χ4n) is 0.475. The predicted octanol–water partition coefficient (Wildman–Crippen LogP) is 1.78. The van der Waals surface area contributed by atoms with Gasteiger partial charge in [-0.05, 0) is 13.3 Å². The first-order valence-corrected chi connectivity index (χ1v) is 3.51. The molecular weight excluding hydrogens is 128 g/mol. The zero-order chi connectivity index (χ0) is 7.66. The fraction of sp³-hybridized carbons (Fsp3) is 0.625. The molecule has 2 heteroatoms. The number of hydrogen-bond acceptors (Lipinski definition) is 2. The van der Waals surface area contributed by atoms with Gasteiger partial charge in [0.15, 0.2) is 0 Å². The van der Waals surface area contributed by atoms with E-state index in [1.807, 2.05) is 13.0 Å². The molecule has 0 saturated carbocycles. The molecule has 0 aliphatic heterocycles. The van der Waals surface area contributed by atoms with Gasteiger partial charge in [0.1, 0.15) is 6.61 Å². The van der Waals surface area contributed by atoms with Crippen LogP contribution in [0.25, 0.3) is 0 Å². The maximum absolute atomic E-state index is 5.11. The maximum Gasteiger partial charge on any atom is 0.111 e. The molecule has 0 N–H and O–H groups in total. The smallest absolute Gasteiger partial charge is 0.111 e. The van der Waals surface area contributed by atoms with E-state index in [2.05, 4.69) is 6.92 Å². The summed E-state index contributed by atoms with van der Waals surface area (Å²) in [6.45, 7) is 7.56. The van der Waals surface area contributed by atoms with Crippen LogP contribution in [0.15, 0.2) is 12.3 Å². The molecule has 0 spiro atoms. The highest BCUT2D eigenvalue weighted by atomic mass is 16.5. The zero-order valence-corrected chi connectivity index (χ0v) is 6.51. The van der Waals surface area contributed by atoms with E-state index in [9.17, 15) is 0 Å². The molecule has 0 bridgehead atoms. The molecule has 0 atom stereocenters. The minimum absolute atomic E-state index is 0.629. The first-order chi connectivity index (χ1) is 4.91. The molecule has 0 rings (SSSR count). The lowest BCUT2D eigenvalue weighted by Gasteiger charge is -2.00. The van der Waals surface area contributed by atoms with Gasteiger partial charge in [0.2, 0.25) is 0 Å². The number of allylic oxidation sites excluding steroid dienone is 1. The summed E-state index contributed by atoms with van der Waals surface area (Å²) in [5, 5.41) is 0. The summed E-state index contributed by atoms with van der Waals surface area (Å²) in [6, 6.07) is 0. The number of ether oxygens (including phenoxy) is 2. The van der Waals surface area contributed by atoms with E-state index in [-0.39, 0.29) is 0 Å². The second-order valence-electron chi connectivity index (χ2n) is 1.81. The van der Waals surface area contributed by atoms with Crippen molar-refractivity contribution in [2.75, 3.05) is 19.8 Å². The van der Waals surface area contributed by atoms with E-state index < -0.39 is 0 Å². The van der Waals surface area contributed by atoms with Crippen molar-refractivity contribution in [2.45, 2.75) is 13.3 Å². The second-order valence-corrected chi connectivity index (χ2v) is 1.81. The van der Waals surface area contributed by atoms with Crippen LogP contribution in [0.1, 0.15) is 13.3 Å². The molecule has 0 aromatic carbocycles. The van der Waals surface area contributed by atoms with Gasteiger partial charge in [-0.1, -0.05) is 13.0 Å². The Hall–Kier alpha value is -0.500. The van der Waals surface area contributed by atoms with E-state index in [4.69, 9.17) is 9.47 Å². The van der Waals surface area contributed by atoms with Gasteiger partial charge in [-0.2, -0.15) is 0 Å². The van der Waals surface area contributed by atoms with Crippen LogP contribution in [0.5, 0.6) is 0 Å². The third-order valence-corrected chi connectivity index (χ3v) is 0.867. The van der Waals surface area contributed by atoms with Crippen LogP contribution in [0.4, 0.5) is 0 Å². The Balaban J connectivity index is 2.77. The summed E-state index contributed by atoms with van der Waals surface area (Å²) >= 11 is 0. The van der Waals surface area contributed by atoms with Crippen molar-refractivity contribution in [3.8, 4) is 0 Å². The van der Waals surface area contributed by atoms with E-state index in [1.165, 1.54) is 0 Å². The molecule has 1 radical (unpaired) electrons. The Bertz CT molecular complexity index is 79.3. The molecular formula is C8H15O2. The molecule has 0 aromatic heterocycles. The van der Waals surface area contributed by atoms with Crippen molar-refractivity contribution >= 4 is 0 Å². The highest BCUT2D eigenvalue weighted by Crippen LogP contribution is 1.81. The van der Waals surface area contributed by atoms with Crippen LogP contribution in [0.2, 0.25) is 0 Å². The highest BCUT2D eigenvalue weighted by molar-refractivity contribution is 4.64. The first kappa shape index (κ1) is 9.50. The van der Waals surface area contributed by atoms with Gasteiger partial charge >= 0.3 is 0 Å². The minimum Gasteiger partial charge on any atom is -0.499 e. The quantitative estimate of drug-likeness (QED) is 0.417. The lowest BCUT2D eigenvalue weighted by atomic mass is 10.5. The van der Waals surface area contributed by atoms with E-state index in [0.717, 1.165) is 13.0 Å². The summed E-state index contributed by atoms with van der Waals surface area (Å²) in [4.78, 5) is 0. The van der Waals surface area contributed by atoms with Crippen molar-refractivity contribution in [1.82, 2.24) is 0 Å². The molecule has 0 saturated heterocycles. The largest absolute Gasteiger partial charge is 0.499 e. The van der Waals surface area contributed by atoms with Crippen molar-refractivity contribution in [1.29, 1.82) is 0 Å². The number of hydrogen-bond donors (Lipinski definition) is 0. The van der Waals surface area contributed by atoms with Crippen molar-refractivity contribution in [2.24, 2.45) is 0 Å². The van der Waals surface area contributed by atoms with Gasteiger partial charge < -0.3 is 9.47 Å². The SMILES string of the molecule is [CH2]CCOCCOC=CC. The maximum atomic E-state index is 5.11. The van der Waals surface area contributed by atoms with Crippen molar-refractivity contribution < 1.29 is 9.47 Å². The molecule has 0 aliphatic carbocycles. The third kappa shape index (κ3) is 7.50. The molecule has 0 aromatic rings. The van der Waals surface area contributed by atoms with Crippen LogP contribution in [0.3, 0.4) is 0 Å². The summed E-state index contributed by atoms with van der Waals surface area (Å²) in [5.41, 5.74) is 0. The van der Waals surface area contributed by atoms with E-state index in [0.29, 0.717) is 13.2 Å². The highest BCUT2D eigenvalue weighted by Gasteiger charge is 1.83. The third-order valence-electron chi connectivity index (χ3n) is 0.867. The molecule has 59 valence electrons. The molecule has 0 heterocycles. The average molecular weight is 143 g/mol. The molecule has 0 amide bonds. The average Bonchev–Trinajstić information content (AvgIpc) is 1.97. The Labute approximate surface area is 62.8 Å². The van der Waals surface area contributed by atoms with Crippen LogP contribution in [-0.4, -0.2) is 19.8 Å². The Morgan fingerprint density at radius 3 is 2.70 bits per heavy atom. The summed E-state index contributed by atoms with van der Waals surface area (Å²) in [5.74, 6) is 0. The molecule has 10 heavy (non-hydrogen) atoms. The van der Waals surface area contributed by atoms with Gasteiger partial charge in [-0.25, -0.2) is 0 Å². The Kier molecular flexibility index (Phi) is 8.07. The lowest BCUT2D eigenvalue weighted by molar-refractivity contribution is 0.0874. The Morgan fingerprint density at radius 1 is 1.30 bits per heavy atom. The van der Waals surface area contributed by atoms with Crippen LogP contribution in [-0.2, 0) is 9.47 Å². The fourth-order valence-corrected chi connectivity index (χ4v) is 0.475. The van der Waals surface area contributed by atoms with Crippen molar-refractivity contribution in [3.05, 3.63) is 19.3 Å². The minimum atomic E-state index is 0.629. The van der Waals surface area contributed by atoms with Crippen molar-refractivity contribution in [3.63, 3.8) is 0 Å². The van der Waals surface area contributed by atoms with Crippen LogP contribution < -0.4 is 0 Å². The topological polar surface area (TPSA) is 18.5 Å². The molecule has 2 nitrogen and oxygen atoms in total. The van der Waals surface area contributed by atoms with E-state index >= 15 is 0 Å². The second kappa shape index (κ2) is 8.50. The molecule has 0 fully saturated rings. The normalized spacial score (nSPS) is 10.6. The predicted molar refractivity (Wildman–Crippen MR) is 41.6 cm³/mol. The molecule has 0 aliphatic rings. The zero-order valence-electron chi connectivity index (χ0n) is 6.51. The van der Waals surface area contributed by atoms with E-state index in [1.54, 1.807) is 6.26 Å². The molecule has 0 unspecified atom stereocenters. The van der Waals surface area contributed by atoms with Gasteiger partial charge in [-0.15, -0.1) is 0 Å². The summed E-state index contributed by atoms with van der Waals surface area (Å²) in [6.07, 6.45) is 4.33. The first-order valence-electron chi connectivity index (χ1n) is 3.51. The van der Waals surface area contributed by atoms with Gasteiger partial charge in [0, 0.05) is 6.61 Å². The van der Waals surface area contributed by atoms with Crippen LogP contribution >= 0.6 is 0 Å².